The third-order valence-corrected chi connectivity index (χ3v) is 4.43. The first-order chi connectivity index (χ1) is 11.5. The first-order valence-corrected chi connectivity index (χ1v) is 8.38. The van der Waals surface area contributed by atoms with E-state index in [2.05, 4.69) is 0 Å². The van der Waals surface area contributed by atoms with Gasteiger partial charge in [-0.05, 0) is 34.5 Å². The molecule has 2 heterocycles. The molecule has 0 atom stereocenters. The van der Waals surface area contributed by atoms with Gasteiger partial charge in [-0.25, -0.2) is 4.79 Å². The number of hydrogen-bond acceptors (Lipinski definition) is 6. The number of carbonyl (C=O) groups is 2. The van der Waals surface area contributed by atoms with Crippen LogP contribution in [0.25, 0.3) is 0 Å². The van der Waals surface area contributed by atoms with Gasteiger partial charge in [0.2, 0.25) is 6.79 Å². The lowest BCUT2D eigenvalue weighted by molar-refractivity contribution is -0.133. The molecular weight excluding hydrogens is 354 g/mol. The number of carbonyl (C=O) groups excluding carboxylic acids is 2. The maximum atomic E-state index is 12.1. The molecule has 24 heavy (non-hydrogen) atoms. The van der Waals surface area contributed by atoms with E-state index >= 15 is 0 Å². The van der Waals surface area contributed by atoms with E-state index in [4.69, 9.17) is 25.8 Å². The summed E-state index contributed by atoms with van der Waals surface area (Å²) in [6.07, 6.45) is 0. The van der Waals surface area contributed by atoms with Crippen LogP contribution in [0.15, 0.2) is 29.0 Å². The van der Waals surface area contributed by atoms with Gasteiger partial charge in [0.15, 0.2) is 18.1 Å². The van der Waals surface area contributed by atoms with Crippen LogP contribution in [0, 0.1) is 0 Å². The zero-order chi connectivity index (χ0) is 17.1. The van der Waals surface area contributed by atoms with Crippen LogP contribution < -0.4 is 9.47 Å². The Morgan fingerprint density at radius 2 is 2.21 bits per heavy atom. The zero-order valence-electron chi connectivity index (χ0n) is 12.8. The van der Waals surface area contributed by atoms with Crippen molar-refractivity contribution in [3.63, 3.8) is 0 Å². The largest absolute Gasteiger partial charge is 0.454 e. The molecule has 1 aliphatic rings. The fourth-order valence-corrected chi connectivity index (χ4v) is 3.08. The number of esters is 1. The number of fused-ring (bicyclic) bond motifs is 1. The lowest BCUT2D eigenvalue weighted by Crippen LogP contribution is -2.30. The van der Waals surface area contributed by atoms with Gasteiger partial charge in [-0.2, -0.15) is 11.3 Å². The second-order valence-electron chi connectivity index (χ2n) is 5.15. The van der Waals surface area contributed by atoms with Gasteiger partial charge in [-0.1, -0.05) is 11.6 Å². The molecule has 3 rings (SSSR count). The van der Waals surface area contributed by atoms with Crippen molar-refractivity contribution in [2.24, 2.45) is 0 Å². The summed E-state index contributed by atoms with van der Waals surface area (Å²) in [5, 5.41) is 4.17. The molecule has 0 N–H and O–H groups in total. The van der Waals surface area contributed by atoms with Crippen molar-refractivity contribution < 1.29 is 23.8 Å². The molecule has 2 aromatic rings. The summed E-state index contributed by atoms with van der Waals surface area (Å²) in [5.74, 6) is -0.149. The summed E-state index contributed by atoms with van der Waals surface area (Å²) in [6, 6.07) is 4.85. The first kappa shape index (κ1) is 16.6. The van der Waals surface area contributed by atoms with Crippen molar-refractivity contribution >= 4 is 34.8 Å². The van der Waals surface area contributed by atoms with E-state index in [1.807, 2.05) is 16.8 Å². The third kappa shape index (κ3) is 3.63. The van der Waals surface area contributed by atoms with Gasteiger partial charge < -0.3 is 19.1 Å². The van der Waals surface area contributed by atoms with Crippen LogP contribution in [0.4, 0.5) is 0 Å². The Morgan fingerprint density at radius 1 is 1.38 bits per heavy atom. The fraction of sp³-hybridized carbons (Fsp3) is 0.250. The van der Waals surface area contributed by atoms with Crippen LogP contribution in [0.3, 0.4) is 0 Å². The van der Waals surface area contributed by atoms with Crippen molar-refractivity contribution in [2.75, 3.05) is 20.4 Å². The predicted octanol–water partition coefficient (Wildman–Crippen LogP) is 2.95. The smallest absolute Gasteiger partial charge is 0.338 e. The van der Waals surface area contributed by atoms with E-state index in [9.17, 15) is 9.59 Å². The normalized spacial score (nSPS) is 12.1. The highest BCUT2D eigenvalue weighted by molar-refractivity contribution is 7.07. The maximum Gasteiger partial charge on any atom is 0.338 e. The van der Waals surface area contributed by atoms with Gasteiger partial charge in [-0.3, -0.25) is 4.79 Å². The number of nitrogens with zero attached hydrogens (tertiary/aromatic N) is 1. The Hall–Kier alpha value is -2.25. The number of ether oxygens (including phenoxy) is 3. The van der Waals surface area contributed by atoms with E-state index in [0.717, 1.165) is 5.56 Å². The first-order valence-electron chi connectivity index (χ1n) is 7.06. The number of halogens is 1. The summed E-state index contributed by atoms with van der Waals surface area (Å²) >= 11 is 7.59. The summed E-state index contributed by atoms with van der Waals surface area (Å²) in [7, 11) is 1.66. The number of benzene rings is 1. The van der Waals surface area contributed by atoms with Crippen molar-refractivity contribution in [1.82, 2.24) is 4.90 Å². The van der Waals surface area contributed by atoms with Gasteiger partial charge >= 0.3 is 5.97 Å². The predicted molar refractivity (Wildman–Crippen MR) is 88.7 cm³/mol. The van der Waals surface area contributed by atoms with Crippen molar-refractivity contribution in [3.8, 4) is 11.5 Å². The standard InChI is InChI=1S/C16H14ClNO5S/c1-18(6-10-2-3-24-8-10)14(19)7-21-16(20)11-4-12(17)15-13(5-11)22-9-23-15/h2-5,8H,6-7,9H2,1H3. The van der Waals surface area contributed by atoms with E-state index in [1.54, 1.807) is 18.4 Å². The summed E-state index contributed by atoms with van der Waals surface area (Å²) in [5.41, 5.74) is 1.24. The highest BCUT2D eigenvalue weighted by atomic mass is 35.5. The summed E-state index contributed by atoms with van der Waals surface area (Å²) in [4.78, 5) is 25.6. The Bertz CT molecular complexity index is 762. The highest BCUT2D eigenvalue weighted by Crippen LogP contribution is 2.39. The molecule has 1 aromatic heterocycles. The second-order valence-corrected chi connectivity index (χ2v) is 6.34. The molecule has 8 heteroatoms. The molecule has 0 unspecified atom stereocenters. The number of amides is 1. The summed E-state index contributed by atoms with van der Waals surface area (Å²) < 4.78 is 15.4. The molecule has 1 aliphatic heterocycles. The van der Waals surface area contributed by atoms with Gasteiger partial charge in [-0.15, -0.1) is 0 Å². The molecule has 0 saturated heterocycles. The number of likely N-dealkylation sites (N-methyl/N-ethyl adjacent to an activating group) is 1. The van der Waals surface area contributed by atoms with Crippen LogP contribution in [-0.4, -0.2) is 37.2 Å². The highest BCUT2D eigenvalue weighted by Gasteiger charge is 2.22. The SMILES string of the molecule is CN(Cc1ccsc1)C(=O)COC(=O)c1cc(Cl)c2c(c1)OCO2. The lowest BCUT2D eigenvalue weighted by Gasteiger charge is -2.16. The fourth-order valence-electron chi connectivity index (χ4n) is 2.15. The molecule has 0 fully saturated rings. The van der Waals surface area contributed by atoms with E-state index in [0.29, 0.717) is 18.0 Å². The molecule has 0 radical (unpaired) electrons. The Kier molecular flexibility index (Phi) is 4.92. The van der Waals surface area contributed by atoms with E-state index in [1.165, 1.54) is 17.0 Å². The molecule has 1 amide bonds. The van der Waals surface area contributed by atoms with Crippen molar-refractivity contribution in [2.45, 2.75) is 6.54 Å². The minimum Gasteiger partial charge on any atom is -0.454 e. The van der Waals surface area contributed by atoms with E-state index < -0.39 is 5.97 Å². The van der Waals surface area contributed by atoms with Crippen LogP contribution >= 0.6 is 22.9 Å². The van der Waals surface area contributed by atoms with Crippen molar-refractivity contribution in [1.29, 1.82) is 0 Å². The summed E-state index contributed by atoms with van der Waals surface area (Å²) in [6.45, 7) is 0.181. The monoisotopic (exact) mass is 367 g/mol. The van der Waals surface area contributed by atoms with Gasteiger partial charge in [0.05, 0.1) is 10.6 Å². The number of thiophene rings is 1. The van der Waals surface area contributed by atoms with Crippen LogP contribution in [0.5, 0.6) is 11.5 Å². The van der Waals surface area contributed by atoms with Crippen LogP contribution in [-0.2, 0) is 16.1 Å². The number of rotatable bonds is 5. The molecule has 0 spiro atoms. The molecule has 0 bridgehead atoms. The molecule has 126 valence electrons. The Balaban J connectivity index is 1.57. The molecule has 1 aromatic carbocycles. The third-order valence-electron chi connectivity index (χ3n) is 3.42. The molecular formula is C16H14ClNO5S. The minimum absolute atomic E-state index is 0.0550. The van der Waals surface area contributed by atoms with Gasteiger partial charge in [0.1, 0.15) is 0 Å². The van der Waals surface area contributed by atoms with Crippen LogP contribution in [0.2, 0.25) is 5.02 Å². The molecule has 0 saturated carbocycles. The van der Waals surface area contributed by atoms with Gasteiger partial charge in [0.25, 0.3) is 5.91 Å². The average molecular weight is 368 g/mol. The van der Waals surface area contributed by atoms with Crippen molar-refractivity contribution in [3.05, 3.63) is 45.1 Å². The van der Waals surface area contributed by atoms with Gasteiger partial charge in [0, 0.05) is 13.6 Å². The number of hydrogen-bond donors (Lipinski definition) is 0. The van der Waals surface area contributed by atoms with E-state index in [-0.39, 0.29) is 29.9 Å². The lowest BCUT2D eigenvalue weighted by atomic mass is 10.2. The second kappa shape index (κ2) is 7.11. The maximum absolute atomic E-state index is 12.1. The minimum atomic E-state index is -0.646. The Morgan fingerprint density at radius 3 is 2.96 bits per heavy atom. The molecule has 6 nitrogen and oxygen atoms in total. The topological polar surface area (TPSA) is 65.1 Å². The Labute approximate surface area is 147 Å². The molecule has 0 aliphatic carbocycles. The average Bonchev–Trinajstić information content (AvgIpc) is 3.23. The zero-order valence-corrected chi connectivity index (χ0v) is 14.4. The van der Waals surface area contributed by atoms with Crippen LogP contribution in [0.1, 0.15) is 15.9 Å². The quantitative estimate of drug-likeness (QED) is 0.760.